The first-order chi connectivity index (χ1) is 17.2. The van der Waals surface area contributed by atoms with Gasteiger partial charge in [-0.2, -0.15) is 0 Å². The van der Waals surface area contributed by atoms with Gasteiger partial charge in [-0.05, 0) is 43.5 Å². The maximum Gasteiger partial charge on any atom is 0.367 e. The van der Waals surface area contributed by atoms with Gasteiger partial charge in [0.2, 0.25) is 5.88 Å². The first-order valence-corrected chi connectivity index (χ1v) is 14.8. The van der Waals surface area contributed by atoms with E-state index in [9.17, 15) is 9.67 Å². The van der Waals surface area contributed by atoms with Gasteiger partial charge >= 0.3 is 7.60 Å². The second-order valence-corrected chi connectivity index (χ2v) is 12.0. The first kappa shape index (κ1) is 29.0. The van der Waals surface area contributed by atoms with Gasteiger partial charge in [-0.15, -0.1) is 0 Å². The second-order valence-electron chi connectivity index (χ2n) is 8.05. The molecule has 12 heteroatoms. The number of aromatic nitrogens is 3. The molecule has 0 fully saturated rings. The maximum atomic E-state index is 12.6. The Morgan fingerprint density at radius 1 is 1.11 bits per heavy atom. The van der Waals surface area contributed by atoms with Gasteiger partial charge < -0.3 is 23.5 Å². The van der Waals surface area contributed by atoms with Crippen molar-refractivity contribution >= 4 is 42.6 Å². The van der Waals surface area contributed by atoms with Crippen LogP contribution < -0.4 is 4.74 Å². The summed E-state index contributed by atoms with van der Waals surface area (Å²) in [6, 6.07) is 8.92. The van der Waals surface area contributed by atoms with Gasteiger partial charge in [0.1, 0.15) is 17.5 Å². The number of aliphatic hydroxyl groups is 1. The molecule has 0 aliphatic heterocycles. The van der Waals surface area contributed by atoms with Crippen molar-refractivity contribution in [2.24, 2.45) is 0 Å². The van der Waals surface area contributed by atoms with Gasteiger partial charge in [-0.3, -0.25) is 4.57 Å². The molecule has 0 unspecified atom stereocenters. The van der Waals surface area contributed by atoms with Crippen LogP contribution in [-0.2, 0) is 26.8 Å². The second kappa shape index (κ2) is 13.3. The van der Waals surface area contributed by atoms with E-state index in [1.165, 1.54) is 11.8 Å². The summed E-state index contributed by atoms with van der Waals surface area (Å²) in [5.74, 6) is 0.982. The summed E-state index contributed by atoms with van der Waals surface area (Å²) in [6.07, 6.45) is 1.44. The van der Waals surface area contributed by atoms with Crippen LogP contribution in [0.1, 0.15) is 50.7 Å². The summed E-state index contributed by atoms with van der Waals surface area (Å²) in [4.78, 5) is 9.91. The van der Waals surface area contributed by atoms with Crippen LogP contribution in [0, 0.1) is 0 Å². The largest absolute Gasteiger partial charge is 0.465 e. The average Bonchev–Trinajstić information content (AvgIpc) is 3.15. The van der Waals surface area contributed by atoms with E-state index in [1.807, 2.05) is 22.8 Å². The Hall–Kier alpha value is -1.58. The van der Waals surface area contributed by atoms with Gasteiger partial charge in [-0.25, -0.2) is 9.97 Å². The first-order valence-electron chi connectivity index (χ1n) is 11.5. The quantitative estimate of drug-likeness (QED) is 0.218. The standard InChI is InChI=1S/C24H30Cl2N3O5PS/c1-5-33-35(31,34-6-2)15-32-22-8-7-17(12-27-22)13-29-21(14-30)28-23(16(3)4)24(29)36-20-10-18(25)9-19(26)11-20/h7-12,16,30H,5-6,13-15H2,1-4H3. The number of hydrogen-bond donors (Lipinski definition) is 1. The van der Waals surface area contributed by atoms with Crippen LogP contribution in [0.25, 0.3) is 0 Å². The Labute approximate surface area is 225 Å². The molecule has 0 aliphatic rings. The lowest BCUT2D eigenvalue weighted by atomic mass is 10.1. The smallest absolute Gasteiger partial charge is 0.367 e. The van der Waals surface area contributed by atoms with Crippen LogP contribution >= 0.6 is 42.6 Å². The van der Waals surface area contributed by atoms with E-state index in [0.717, 1.165) is 21.2 Å². The summed E-state index contributed by atoms with van der Waals surface area (Å²) in [5, 5.41) is 12.0. The Morgan fingerprint density at radius 3 is 2.31 bits per heavy atom. The third-order valence-corrected chi connectivity index (χ3v) is 8.20. The zero-order valence-electron chi connectivity index (χ0n) is 20.6. The molecule has 2 aromatic heterocycles. The lowest BCUT2D eigenvalue weighted by Gasteiger charge is -2.17. The van der Waals surface area contributed by atoms with E-state index in [-0.39, 0.29) is 32.1 Å². The normalized spacial score (nSPS) is 11.9. The molecule has 0 aliphatic carbocycles. The fourth-order valence-corrected chi connectivity index (χ4v) is 6.61. The molecule has 1 N–H and O–H groups in total. The van der Waals surface area contributed by atoms with Crippen LogP contribution in [-0.4, -0.2) is 39.2 Å². The molecular formula is C24H30Cl2N3O5PS. The fraction of sp³-hybridized carbons (Fsp3) is 0.417. The maximum absolute atomic E-state index is 12.6. The van der Waals surface area contributed by atoms with Gasteiger partial charge in [0.25, 0.3) is 0 Å². The Bertz CT molecular complexity index is 1180. The molecule has 3 rings (SSSR count). The molecule has 0 bridgehead atoms. The summed E-state index contributed by atoms with van der Waals surface area (Å²) < 4.78 is 30.6. The summed E-state index contributed by atoms with van der Waals surface area (Å²) in [7, 11) is -3.34. The lowest BCUT2D eigenvalue weighted by Crippen LogP contribution is -2.08. The van der Waals surface area contributed by atoms with Crippen LogP contribution in [0.15, 0.2) is 46.5 Å². The summed E-state index contributed by atoms with van der Waals surface area (Å²) >= 11 is 13.9. The molecule has 0 atom stereocenters. The van der Waals surface area contributed by atoms with E-state index in [2.05, 4.69) is 18.8 Å². The average molecular weight is 574 g/mol. The molecule has 2 heterocycles. The molecule has 0 saturated carbocycles. The van der Waals surface area contributed by atoms with Crippen molar-refractivity contribution in [3.63, 3.8) is 0 Å². The van der Waals surface area contributed by atoms with E-state index in [0.29, 0.717) is 28.3 Å². The molecule has 3 aromatic rings. The SMILES string of the molecule is CCOP(=O)(COc1ccc(Cn2c(CO)nc(C(C)C)c2Sc2cc(Cl)cc(Cl)c2)cn1)OCC. The van der Waals surface area contributed by atoms with Gasteiger partial charge in [-0.1, -0.05) is 54.9 Å². The number of nitrogens with zero attached hydrogens (tertiary/aromatic N) is 3. The number of ether oxygens (including phenoxy) is 1. The van der Waals surface area contributed by atoms with Gasteiger partial charge in [0.05, 0.1) is 25.5 Å². The zero-order chi connectivity index (χ0) is 26.3. The fourth-order valence-electron chi connectivity index (χ4n) is 3.39. The number of hydrogen-bond acceptors (Lipinski definition) is 8. The number of imidazole rings is 1. The molecule has 8 nitrogen and oxygen atoms in total. The minimum Gasteiger partial charge on any atom is -0.465 e. The molecule has 0 radical (unpaired) electrons. The number of pyridine rings is 1. The van der Waals surface area contributed by atoms with Crippen molar-refractivity contribution in [2.75, 3.05) is 19.6 Å². The highest BCUT2D eigenvalue weighted by Gasteiger charge is 2.25. The summed E-state index contributed by atoms with van der Waals surface area (Å²) in [5.41, 5.74) is 1.74. The predicted molar refractivity (Wildman–Crippen MR) is 143 cm³/mol. The minimum atomic E-state index is -3.34. The van der Waals surface area contributed by atoms with Crippen molar-refractivity contribution < 1.29 is 23.5 Å². The molecule has 0 spiro atoms. The molecule has 1 aromatic carbocycles. The highest BCUT2D eigenvalue weighted by Crippen LogP contribution is 2.47. The van der Waals surface area contributed by atoms with Crippen LogP contribution in [0.3, 0.4) is 0 Å². The zero-order valence-corrected chi connectivity index (χ0v) is 23.8. The molecule has 0 amide bonds. The van der Waals surface area contributed by atoms with Crippen molar-refractivity contribution in [1.29, 1.82) is 0 Å². The Kier molecular flexibility index (Phi) is 10.7. The van der Waals surface area contributed by atoms with E-state index < -0.39 is 7.60 Å². The highest BCUT2D eigenvalue weighted by atomic mass is 35.5. The number of halogens is 2. The Morgan fingerprint density at radius 2 is 1.78 bits per heavy atom. The number of aliphatic hydroxyl groups excluding tert-OH is 1. The van der Waals surface area contributed by atoms with Gasteiger partial charge in [0, 0.05) is 27.2 Å². The van der Waals surface area contributed by atoms with Crippen LogP contribution in [0.5, 0.6) is 5.88 Å². The van der Waals surface area contributed by atoms with E-state index >= 15 is 0 Å². The van der Waals surface area contributed by atoms with Crippen molar-refractivity contribution in [1.82, 2.24) is 14.5 Å². The van der Waals surface area contributed by atoms with Crippen LogP contribution in [0.4, 0.5) is 0 Å². The van der Waals surface area contributed by atoms with Crippen LogP contribution in [0.2, 0.25) is 10.0 Å². The van der Waals surface area contributed by atoms with Crippen molar-refractivity contribution in [3.05, 3.63) is 63.7 Å². The Balaban J connectivity index is 1.84. The lowest BCUT2D eigenvalue weighted by molar-refractivity contribution is 0.195. The van der Waals surface area contributed by atoms with Crippen molar-refractivity contribution in [3.8, 4) is 5.88 Å². The minimum absolute atomic E-state index is 0.133. The van der Waals surface area contributed by atoms with E-state index in [1.54, 1.807) is 32.2 Å². The predicted octanol–water partition coefficient (Wildman–Crippen LogP) is 7.00. The third-order valence-electron chi connectivity index (χ3n) is 4.92. The van der Waals surface area contributed by atoms with E-state index in [4.69, 9.17) is 42.0 Å². The monoisotopic (exact) mass is 573 g/mol. The van der Waals surface area contributed by atoms with Gasteiger partial charge in [0.15, 0.2) is 6.35 Å². The number of rotatable bonds is 13. The van der Waals surface area contributed by atoms with Crippen molar-refractivity contribution in [2.45, 2.75) is 56.7 Å². The topological polar surface area (TPSA) is 95.7 Å². The third kappa shape index (κ3) is 7.71. The highest BCUT2D eigenvalue weighted by molar-refractivity contribution is 7.99. The molecule has 0 saturated heterocycles. The molecular weight excluding hydrogens is 544 g/mol. The number of benzene rings is 1. The summed E-state index contributed by atoms with van der Waals surface area (Å²) in [6.45, 7) is 8.32. The molecule has 36 heavy (non-hydrogen) atoms. The molecule has 196 valence electrons.